The third kappa shape index (κ3) is 1.94. The van der Waals surface area contributed by atoms with E-state index in [1.165, 1.54) is 12.8 Å². The van der Waals surface area contributed by atoms with E-state index in [0.717, 1.165) is 22.1 Å². The van der Waals surface area contributed by atoms with E-state index < -0.39 is 0 Å². The molecular formula is C12H13ClN4. The first-order valence-electron chi connectivity index (χ1n) is 5.70. The fourth-order valence-electron chi connectivity index (χ4n) is 2.00. The first kappa shape index (κ1) is 10.7. The van der Waals surface area contributed by atoms with Crippen LogP contribution in [-0.4, -0.2) is 15.0 Å². The molecular weight excluding hydrogens is 236 g/mol. The molecule has 1 saturated carbocycles. The van der Waals surface area contributed by atoms with Crippen molar-refractivity contribution >= 4 is 11.6 Å². The second-order valence-electron chi connectivity index (χ2n) is 4.29. The highest BCUT2D eigenvalue weighted by Crippen LogP contribution is 2.41. The van der Waals surface area contributed by atoms with Gasteiger partial charge in [0.05, 0.1) is 11.4 Å². The molecule has 0 amide bonds. The third-order valence-electron chi connectivity index (χ3n) is 3.01. The molecule has 0 saturated heterocycles. The van der Waals surface area contributed by atoms with Gasteiger partial charge in [0.15, 0.2) is 0 Å². The number of aromatic nitrogens is 3. The van der Waals surface area contributed by atoms with Crippen molar-refractivity contribution in [1.29, 1.82) is 0 Å². The van der Waals surface area contributed by atoms with Crippen LogP contribution in [0.4, 0.5) is 0 Å². The second kappa shape index (κ2) is 4.13. The first-order chi connectivity index (χ1) is 8.29. The standard InChI is InChI=1S/C12H13ClN4/c13-9-3-5-10(6-4-9)17-12(8-1-2-8)11(7-14)15-16-17/h3-6,8H,1-2,7,14H2. The van der Waals surface area contributed by atoms with Gasteiger partial charge >= 0.3 is 0 Å². The molecule has 5 heteroatoms. The number of benzene rings is 1. The number of hydrogen-bond donors (Lipinski definition) is 1. The van der Waals surface area contributed by atoms with Crippen LogP contribution in [0.5, 0.6) is 0 Å². The van der Waals surface area contributed by atoms with Crippen molar-refractivity contribution in [2.24, 2.45) is 5.73 Å². The molecule has 1 fully saturated rings. The van der Waals surface area contributed by atoms with E-state index in [1.807, 2.05) is 28.9 Å². The zero-order valence-electron chi connectivity index (χ0n) is 9.31. The topological polar surface area (TPSA) is 56.7 Å². The Morgan fingerprint density at radius 1 is 1.29 bits per heavy atom. The maximum absolute atomic E-state index is 5.88. The minimum atomic E-state index is 0.444. The monoisotopic (exact) mass is 248 g/mol. The summed E-state index contributed by atoms with van der Waals surface area (Å²) in [6, 6.07) is 7.61. The predicted octanol–water partition coefficient (Wildman–Crippen LogP) is 2.26. The van der Waals surface area contributed by atoms with Crippen molar-refractivity contribution in [2.45, 2.75) is 25.3 Å². The Balaban J connectivity index is 2.07. The van der Waals surface area contributed by atoms with Gasteiger partial charge in [-0.3, -0.25) is 0 Å². The lowest BCUT2D eigenvalue weighted by atomic mass is 10.2. The van der Waals surface area contributed by atoms with Gasteiger partial charge in [-0.05, 0) is 37.1 Å². The Morgan fingerprint density at radius 3 is 2.59 bits per heavy atom. The minimum absolute atomic E-state index is 0.444. The summed E-state index contributed by atoms with van der Waals surface area (Å²) in [5.74, 6) is 0.569. The van der Waals surface area contributed by atoms with Crippen LogP contribution in [0.3, 0.4) is 0 Å². The molecule has 2 N–H and O–H groups in total. The number of nitrogens with two attached hydrogens (primary N) is 1. The van der Waals surface area contributed by atoms with E-state index in [1.54, 1.807) is 0 Å². The SMILES string of the molecule is NCc1nnn(-c2ccc(Cl)cc2)c1C1CC1. The molecule has 0 radical (unpaired) electrons. The molecule has 1 heterocycles. The van der Waals surface area contributed by atoms with Gasteiger partial charge in [-0.15, -0.1) is 5.10 Å². The Labute approximate surface area is 104 Å². The zero-order chi connectivity index (χ0) is 11.8. The van der Waals surface area contributed by atoms with Gasteiger partial charge in [0, 0.05) is 17.5 Å². The van der Waals surface area contributed by atoms with Crippen LogP contribution >= 0.6 is 11.6 Å². The maximum atomic E-state index is 5.88. The van der Waals surface area contributed by atoms with Crippen LogP contribution in [0.1, 0.15) is 30.1 Å². The Kier molecular flexibility index (Phi) is 2.61. The zero-order valence-corrected chi connectivity index (χ0v) is 10.1. The van der Waals surface area contributed by atoms with Crippen molar-refractivity contribution in [3.8, 4) is 5.69 Å². The van der Waals surface area contributed by atoms with E-state index in [0.29, 0.717) is 12.5 Å². The number of halogens is 1. The lowest BCUT2D eigenvalue weighted by Gasteiger charge is -2.06. The summed E-state index contributed by atoms with van der Waals surface area (Å²) in [6.07, 6.45) is 2.40. The second-order valence-corrected chi connectivity index (χ2v) is 4.72. The average Bonchev–Trinajstić information content (AvgIpc) is 3.10. The molecule has 2 aromatic rings. The van der Waals surface area contributed by atoms with E-state index in [-0.39, 0.29) is 0 Å². The van der Waals surface area contributed by atoms with Gasteiger partial charge in [-0.2, -0.15) is 0 Å². The lowest BCUT2D eigenvalue weighted by molar-refractivity contribution is 0.763. The van der Waals surface area contributed by atoms with Crippen LogP contribution in [0, 0.1) is 0 Å². The maximum Gasteiger partial charge on any atom is 0.100 e. The summed E-state index contributed by atoms with van der Waals surface area (Å²) in [6.45, 7) is 0.444. The predicted molar refractivity (Wildman–Crippen MR) is 66.2 cm³/mol. The first-order valence-corrected chi connectivity index (χ1v) is 6.08. The normalized spacial score (nSPS) is 15.2. The van der Waals surface area contributed by atoms with E-state index >= 15 is 0 Å². The van der Waals surface area contributed by atoms with Crippen molar-refractivity contribution in [2.75, 3.05) is 0 Å². The van der Waals surface area contributed by atoms with Gasteiger partial charge in [-0.1, -0.05) is 16.8 Å². The number of nitrogens with zero attached hydrogens (tertiary/aromatic N) is 3. The van der Waals surface area contributed by atoms with Crippen LogP contribution in [-0.2, 0) is 6.54 Å². The van der Waals surface area contributed by atoms with Crippen molar-refractivity contribution in [3.05, 3.63) is 40.7 Å². The van der Waals surface area contributed by atoms with Gasteiger partial charge in [0.2, 0.25) is 0 Å². The smallest absolute Gasteiger partial charge is 0.100 e. The summed E-state index contributed by atoms with van der Waals surface area (Å²) in [5, 5.41) is 9.06. The molecule has 4 nitrogen and oxygen atoms in total. The third-order valence-corrected chi connectivity index (χ3v) is 3.26. The molecule has 0 atom stereocenters. The molecule has 0 aliphatic heterocycles. The van der Waals surface area contributed by atoms with Crippen molar-refractivity contribution in [1.82, 2.24) is 15.0 Å². The minimum Gasteiger partial charge on any atom is -0.325 e. The average molecular weight is 249 g/mol. The van der Waals surface area contributed by atoms with Gasteiger partial charge < -0.3 is 5.73 Å². The molecule has 1 aliphatic carbocycles. The fraction of sp³-hybridized carbons (Fsp3) is 0.333. The largest absolute Gasteiger partial charge is 0.325 e. The van der Waals surface area contributed by atoms with E-state index in [2.05, 4.69) is 10.3 Å². The highest BCUT2D eigenvalue weighted by molar-refractivity contribution is 6.30. The molecule has 1 aromatic carbocycles. The van der Waals surface area contributed by atoms with Crippen LogP contribution in [0.2, 0.25) is 5.02 Å². The highest BCUT2D eigenvalue weighted by atomic mass is 35.5. The fourth-order valence-corrected chi connectivity index (χ4v) is 2.13. The molecule has 0 spiro atoms. The van der Waals surface area contributed by atoms with Crippen LogP contribution in [0.15, 0.2) is 24.3 Å². The lowest BCUT2D eigenvalue weighted by Crippen LogP contribution is -2.04. The van der Waals surface area contributed by atoms with Crippen LogP contribution < -0.4 is 5.73 Å². The Hall–Kier alpha value is -1.39. The Bertz CT molecular complexity index is 528. The van der Waals surface area contributed by atoms with Crippen LogP contribution in [0.25, 0.3) is 5.69 Å². The summed E-state index contributed by atoms with van der Waals surface area (Å²) in [7, 11) is 0. The highest BCUT2D eigenvalue weighted by Gasteiger charge is 2.31. The molecule has 0 unspecified atom stereocenters. The number of rotatable bonds is 3. The number of hydrogen-bond acceptors (Lipinski definition) is 3. The molecule has 0 bridgehead atoms. The molecule has 88 valence electrons. The van der Waals surface area contributed by atoms with E-state index in [9.17, 15) is 0 Å². The van der Waals surface area contributed by atoms with Crippen molar-refractivity contribution < 1.29 is 0 Å². The molecule has 17 heavy (non-hydrogen) atoms. The summed E-state index contributed by atoms with van der Waals surface area (Å²) < 4.78 is 1.89. The molecule has 1 aliphatic rings. The summed E-state index contributed by atoms with van der Waals surface area (Å²) in [5.41, 5.74) is 8.75. The Morgan fingerprint density at radius 2 is 2.00 bits per heavy atom. The summed E-state index contributed by atoms with van der Waals surface area (Å²) in [4.78, 5) is 0. The molecule has 1 aromatic heterocycles. The van der Waals surface area contributed by atoms with Crippen molar-refractivity contribution in [3.63, 3.8) is 0 Å². The van der Waals surface area contributed by atoms with Gasteiger partial charge in [-0.25, -0.2) is 4.68 Å². The van der Waals surface area contributed by atoms with Gasteiger partial charge in [0.1, 0.15) is 5.69 Å². The molecule has 3 rings (SSSR count). The van der Waals surface area contributed by atoms with E-state index in [4.69, 9.17) is 17.3 Å². The summed E-state index contributed by atoms with van der Waals surface area (Å²) >= 11 is 5.88. The van der Waals surface area contributed by atoms with Gasteiger partial charge in [0.25, 0.3) is 0 Å². The quantitative estimate of drug-likeness (QED) is 0.907.